The van der Waals surface area contributed by atoms with Gasteiger partial charge in [-0.2, -0.15) is 39.5 Å². The number of ether oxygens (including phenoxy) is 1. The van der Waals surface area contributed by atoms with E-state index < -0.39 is 41.8 Å². The highest BCUT2D eigenvalue weighted by Gasteiger charge is 2.37. The maximum Gasteiger partial charge on any atom is 0.417 e. The first-order valence-corrected chi connectivity index (χ1v) is 16.0. The molecule has 1 aromatic heterocycles. The Morgan fingerprint density at radius 3 is 1.86 bits per heavy atom. The van der Waals surface area contributed by atoms with Crippen LogP contribution < -0.4 is 9.80 Å². The van der Waals surface area contributed by atoms with Crippen LogP contribution in [-0.4, -0.2) is 30.6 Å². The number of hydrogen-bond donors (Lipinski definition) is 0. The number of alkyl halides is 9. The zero-order chi connectivity index (χ0) is 36.0. The van der Waals surface area contributed by atoms with Gasteiger partial charge in [0.2, 0.25) is 0 Å². The van der Waals surface area contributed by atoms with Crippen molar-refractivity contribution in [2.24, 2.45) is 11.8 Å². The van der Waals surface area contributed by atoms with Crippen LogP contribution in [0.15, 0.2) is 60.8 Å². The summed E-state index contributed by atoms with van der Waals surface area (Å²) >= 11 is 0. The van der Waals surface area contributed by atoms with E-state index in [2.05, 4.69) is 4.98 Å². The highest BCUT2D eigenvalue weighted by molar-refractivity contribution is 5.69. The van der Waals surface area contributed by atoms with E-state index in [1.807, 2.05) is 11.8 Å². The van der Waals surface area contributed by atoms with Gasteiger partial charge in [-0.05, 0) is 93.3 Å². The molecule has 0 N–H and O–H groups in total. The van der Waals surface area contributed by atoms with Crippen LogP contribution in [0, 0.1) is 11.8 Å². The summed E-state index contributed by atoms with van der Waals surface area (Å²) in [7, 11) is 0. The van der Waals surface area contributed by atoms with Crippen LogP contribution in [-0.2, 0) is 41.1 Å². The van der Waals surface area contributed by atoms with Gasteiger partial charge in [-0.1, -0.05) is 18.2 Å². The monoisotopic (exact) mass is 703 g/mol. The van der Waals surface area contributed by atoms with Crippen LogP contribution in [0.2, 0.25) is 0 Å². The van der Waals surface area contributed by atoms with E-state index >= 15 is 0 Å². The molecule has 0 bridgehead atoms. The van der Waals surface area contributed by atoms with Gasteiger partial charge in [-0.25, -0.2) is 4.98 Å². The van der Waals surface area contributed by atoms with E-state index in [1.165, 1.54) is 4.90 Å². The lowest BCUT2D eigenvalue weighted by molar-refractivity contribution is -0.145. The number of esters is 1. The van der Waals surface area contributed by atoms with E-state index in [1.54, 1.807) is 37.3 Å². The van der Waals surface area contributed by atoms with Crippen molar-refractivity contribution < 1.29 is 49.0 Å². The Hall–Kier alpha value is -3.97. The van der Waals surface area contributed by atoms with Crippen LogP contribution in [0.3, 0.4) is 0 Å². The molecule has 1 aliphatic carbocycles. The lowest BCUT2D eigenvalue weighted by Crippen LogP contribution is -2.34. The number of benzene rings is 2. The number of para-hydroxylation sites is 1. The molecule has 5 nitrogen and oxygen atoms in total. The zero-order valence-corrected chi connectivity index (χ0v) is 27.1. The van der Waals surface area contributed by atoms with Crippen molar-refractivity contribution in [3.05, 3.63) is 88.6 Å². The summed E-state index contributed by atoms with van der Waals surface area (Å²) in [6, 6.07) is 10.2. The summed E-state index contributed by atoms with van der Waals surface area (Å²) in [4.78, 5) is 19.4. The van der Waals surface area contributed by atoms with E-state index in [-0.39, 0.29) is 47.4 Å². The third-order valence-corrected chi connectivity index (χ3v) is 8.66. The molecular formula is C35H38F9N3O2. The minimum atomic E-state index is -5.06. The fraction of sp³-hybridized carbons (Fsp3) is 0.486. The second-order valence-corrected chi connectivity index (χ2v) is 12.2. The van der Waals surface area contributed by atoms with Gasteiger partial charge in [0.05, 0.1) is 23.3 Å². The van der Waals surface area contributed by atoms with Crippen molar-refractivity contribution in [1.82, 2.24) is 4.98 Å². The van der Waals surface area contributed by atoms with Gasteiger partial charge < -0.3 is 14.5 Å². The Balaban J connectivity index is 1.68. The summed E-state index contributed by atoms with van der Waals surface area (Å²) in [6.07, 6.45) is -10.7. The molecule has 2 aromatic carbocycles. The number of rotatable bonds is 12. The molecule has 0 unspecified atom stereocenters. The van der Waals surface area contributed by atoms with Crippen molar-refractivity contribution in [3.63, 3.8) is 0 Å². The number of anilines is 2. The molecule has 0 atom stereocenters. The first kappa shape index (κ1) is 37.8. The molecule has 1 heterocycles. The molecule has 3 aromatic rings. The number of carbonyl (C=O) groups excluding carboxylic acids is 1. The smallest absolute Gasteiger partial charge is 0.417 e. The summed E-state index contributed by atoms with van der Waals surface area (Å²) in [5.74, 6) is 0.331. The Kier molecular flexibility index (Phi) is 12.1. The summed E-state index contributed by atoms with van der Waals surface area (Å²) < 4.78 is 129. The minimum absolute atomic E-state index is 0.0363. The Labute approximate surface area is 279 Å². The molecule has 14 heteroatoms. The molecule has 0 amide bonds. The molecule has 0 aliphatic heterocycles. The van der Waals surface area contributed by atoms with Gasteiger partial charge in [0.1, 0.15) is 5.82 Å². The number of hydrogen-bond acceptors (Lipinski definition) is 5. The van der Waals surface area contributed by atoms with Gasteiger partial charge in [-0.3, -0.25) is 4.79 Å². The highest BCUT2D eigenvalue weighted by Crippen LogP contribution is 2.38. The average molecular weight is 704 g/mol. The number of carbonyl (C=O) groups is 1. The molecule has 4 rings (SSSR count). The van der Waals surface area contributed by atoms with Crippen molar-refractivity contribution in [2.45, 2.75) is 77.6 Å². The molecular weight excluding hydrogens is 665 g/mol. The standard InChI is InChI=1S/C35H38F9N3O2/c1-3-46(20-24-12-10-23(11-13-24)16-31(48)49-4-2)32-26(17-29(19-45-32)35(42,43)44)22-47(30-8-6-5-7-9-30)21-25-14-27(33(36,37)38)18-28(15-25)34(39,40)41/h5-9,14-15,17-19,23-24H,3-4,10-13,16,20-22H2,1-2H3/t23-,24-. The SMILES string of the molecule is CCOC(=O)C[C@H]1CC[C@H](CN(CC)c2ncc(C(F)(F)F)cc2CN(Cc2cc(C(F)(F)F)cc(C(F)(F)F)c2)c2ccccc2)CC1. The van der Waals surface area contributed by atoms with Gasteiger partial charge in [-0.15, -0.1) is 0 Å². The summed E-state index contributed by atoms with van der Waals surface area (Å²) in [5, 5.41) is 0. The van der Waals surface area contributed by atoms with Crippen molar-refractivity contribution in [3.8, 4) is 0 Å². The lowest BCUT2D eigenvalue weighted by atomic mass is 9.80. The molecule has 49 heavy (non-hydrogen) atoms. The van der Waals surface area contributed by atoms with E-state index in [4.69, 9.17) is 4.74 Å². The van der Waals surface area contributed by atoms with Crippen molar-refractivity contribution >= 4 is 17.5 Å². The predicted molar refractivity (Wildman–Crippen MR) is 167 cm³/mol. The maximum absolute atomic E-state index is 13.9. The van der Waals surface area contributed by atoms with Crippen molar-refractivity contribution in [1.29, 1.82) is 0 Å². The number of aromatic nitrogens is 1. The Morgan fingerprint density at radius 2 is 1.33 bits per heavy atom. The van der Waals surface area contributed by atoms with Gasteiger partial charge in [0, 0.05) is 50.0 Å². The van der Waals surface area contributed by atoms with Crippen LogP contribution in [0.1, 0.15) is 73.8 Å². The van der Waals surface area contributed by atoms with Crippen LogP contribution in [0.25, 0.3) is 0 Å². The van der Waals surface area contributed by atoms with Gasteiger partial charge in [0.15, 0.2) is 0 Å². The molecule has 1 saturated carbocycles. The molecule has 0 radical (unpaired) electrons. The molecule has 1 aliphatic rings. The Bertz CT molecular complexity index is 1500. The third kappa shape index (κ3) is 10.5. The summed E-state index contributed by atoms with van der Waals surface area (Å²) in [6.45, 7) is 3.94. The maximum atomic E-state index is 13.9. The quantitative estimate of drug-likeness (QED) is 0.139. The summed E-state index contributed by atoms with van der Waals surface area (Å²) in [5.41, 5.74) is -3.84. The number of halogens is 9. The first-order chi connectivity index (χ1) is 23.0. The number of nitrogens with zero attached hydrogens (tertiary/aromatic N) is 3. The fourth-order valence-electron chi connectivity index (χ4n) is 6.22. The van der Waals surface area contributed by atoms with Crippen LogP contribution >= 0.6 is 0 Å². The fourth-order valence-corrected chi connectivity index (χ4v) is 6.22. The first-order valence-electron chi connectivity index (χ1n) is 16.0. The van der Waals surface area contributed by atoms with Crippen molar-refractivity contribution in [2.75, 3.05) is 29.5 Å². The van der Waals surface area contributed by atoms with Crippen LogP contribution in [0.4, 0.5) is 51.0 Å². The lowest BCUT2D eigenvalue weighted by Gasteiger charge is -2.34. The molecule has 0 spiro atoms. The molecule has 0 saturated heterocycles. The number of pyridine rings is 1. The van der Waals surface area contributed by atoms with E-state index in [0.29, 0.717) is 43.9 Å². The second kappa shape index (κ2) is 15.7. The Morgan fingerprint density at radius 1 is 0.755 bits per heavy atom. The second-order valence-electron chi connectivity index (χ2n) is 12.2. The molecule has 268 valence electrons. The molecule has 1 fully saturated rings. The van der Waals surface area contributed by atoms with E-state index in [9.17, 15) is 44.3 Å². The topological polar surface area (TPSA) is 45.7 Å². The van der Waals surface area contributed by atoms with Crippen LogP contribution in [0.5, 0.6) is 0 Å². The zero-order valence-electron chi connectivity index (χ0n) is 27.1. The largest absolute Gasteiger partial charge is 0.466 e. The van der Waals surface area contributed by atoms with Gasteiger partial charge in [0.25, 0.3) is 0 Å². The highest BCUT2D eigenvalue weighted by atomic mass is 19.4. The van der Waals surface area contributed by atoms with Gasteiger partial charge >= 0.3 is 24.5 Å². The van der Waals surface area contributed by atoms with E-state index in [0.717, 1.165) is 37.9 Å². The predicted octanol–water partition coefficient (Wildman–Crippen LogP) is 9.93. The average Bonchev–Trinajstić information content (AvgIpc) is 3.03. The normalized spacial score (nSPS) is 17.1. The third-order valence-electron chi connectivity index (χ3n) is 8.66. The minimum Gasteiger partial charge on any atom is -0.466 e.